The first kappa shape index (κ1) is 21.5. The van der Waals surface area contributed by atoms with Crippen molar-refractivity contribution in [3.63, 3.8) is 0 Å². The van der Waals surface area contributed by atoms with E-state index in [0.717, 1.165) is 5.56 Å². The maximum atomic E-state index is 12.6. The molecule has 3 rings (SSSR count). The average Bonchev–Trinajstić information content (AvgIpc) is 2.74. The van der Waals surface area contributed by atoms with Crippen LogP contribution in [0.1, 0.15) is 42.1 Å². The first-order valence-corrected chi connectivity index (χ1v) is 10.3. The Morgan fingerprint density at radius 1 is 1.13 bits per heavy atom. The molecule has 1 aliphatic rings. The van der Waals surface area contributed by atoms with Gasteiger partial charge in [0.05, 0.1) is 0 Å². The van der Waals surface area contributed by atoms with E-state index >= 15 is 0 Å². The second kappa shape index (κ2) is 10.0. The van der Waals surface area contributed by atoms with Crippen molar-refractivity contribution >= 4 is 23.5 Å². The minimum Gasteiger partial charge on any atom is -0.349 e. The Bertz CT molecular complexity index is 892. The molecule has 1 atom stereocenters. The van der Waals surface area contributed by atoms with Gasteiger partial charge in [-0.3, -0.25) is 14.4 Å². The summed E-state index contributed by atoms with van der Waals surface area (Å²) >= 11 is 0. The fourth-order valence-corrected chi connectivity index (χ4v) is 3.56. The van der Waals surface area contributed by atoms with Crippen molar-refractivity contribution in [1.29, 1.82) is 0 Å². The van der Waals surface area contributed by atoms with Gasteiger partial charge in [0.1, 0.15) is 5.82 Å². The third-order valence-corrected chi connectivity index (χ3v) is 5.28. The third-order valence-electron chi connectivity index (χ3n) is 5.28. The standard InChI is InChI=1S/C23H28N4O3/c1-16-8-11-24-20(14-16)26-23(30)19-9-12-27(13-10-19)21(28)15-17(2)25-22(29)18-6-4-3-5-7-18/h3-8,11,14,17,19H,9-10,12-13,15H2,1-2H3,(H,25,29)(H,24,26,30). The molecule has 7 nitrogen and oxygen atoms in total. The van der Waals surface area contributed by atoms with Gasteiger partial charge in [-0.15, -0.1) is 0 Å². The van der Waals surface area contributed by atoms with Crippen LogP contribution >= 0.6 is 0 Å². The lowest BCUT2D eigenvalue weighted by atomic mass is 9.95. The highest BCUT2D eigenvalue weighted by Crippen LogP contribution is 2.20. The molecule has 0 aliphatic carbocycles. The molecule has 1 unspecified atom stereocenters. The van der Waals surface area contributed by atoms with E-state index in [4.69, 9.17) is 0 Å². The smallest absolute Gasteiger partial charge is 0.251 e. The summed E-state index contributed by atoms with van der Waals surface area (Å²) in [6.45, 7) is 4.85. The van der Waals surface area contributed by atoms with Crippen LogP contribution in [0.4, 0.5) is 5.82 Å². The predicted molar refractivity (Wildman–Crippen MR) is 115 cm³/mol. The van der Waals surface area contributed by atoms with Crippen molar-refractivity contribution < 1.29 is 14.4 Å². The molecule has 30 heavy (non-hydrogen) atoms. The number of hydrogen-bond acceptors (Lipinski definition) is 4. The lowest BCUT2D eigenvalue weighted by Gasteiger charge is -2.32. The number of benzene rings is 1. The highest BCUT2D eigenvalue weighted by atomic mass is 16.2. The molecule has 2 N–H and O–H groups in total. The van der Waals surface area contributed by atoms with Gasteiger partial charge < -0.3 is 15.5 Å². The van der Waals surface area contributed by atoms with E-state index in [2.05, 4.69) is 15.6 Å². The molecule has 1 aromatic heterocycles. The number of aromatic nitrogens is 1. The Balaban J connectivity index is 1.43. The molecular formula is C23H28N4O3. The first-order valence-electron chi connectivity index (χ1n) is 10.3. The maximum absolute atomic E-state index is 12.6. The van der Waals surface area contributed by atoms with Gasteiger partial charge in [0, 0.05) is 43.2 Å². The predicted octanol–water partition coefficient (Wildman–Crippen LogP) is 2.78. The average molecular weight is 409 g/mol. The number of carbonyl (C=O) groups is 3. The summed E-state index contributed by atoms with van der Waals surface area (Å²) in [5.41, 5.74) is 1.61. The van der Waals surface area contributed by atoms with Crippen LogP contribution in [0, 0.1) is 12.8 Å². The minimum atomic E-state index is -0.265. The van der Waals surface area contributed by atoms with Gasteiger partial charge in [-0.05, 0) is 56.5 Å². The molecule has 1 aliphatic heterocycles. The van der Waals surface area contributed by atoms with Crippen molar-refractivity contribution in [2.75, 3.05) is 18.4 Å². The Kier molecular flexibility index (Phi) is 7.17. The number of anilines is 1. The number of hydrogen-bond donors (Lipinski definition) is 2. The molecule has 0 spiro atoms. The van der Waals surface area contributed by atoms with Gasteiger partial charge in [-0.25, -0.2) is 4.98 Å². The number of carbonyl (C=O) groups excluding carboxylic acids is 3. The van der Waals surface area contributed by atoms with Crippen LogP contribution in [0.2, 0.25) is 0 Å². The number of pyridine rings is 1. The van der Waals surface area contributed by atoms with Gasteiger partial charge in [-0.1, -0.05) is 18.2 Å². The van der Waals surface area contributed by atoms with E-state index in [9.17, 15) is 14.4 Å². The zero-order valence-corrected chi connectivity index (χ0v) is 17.4. The number of aryl methyl sites for hydroxylation is 1. The topological polar surface area (TPSA) is 91.4 Å². The fraction of sp³-hybridized carbons (Fsp3) is 0.391. The van der Waals surface area contributed by atoms with Crippen LogP contribution in [0.25, 0.3) is 0 Å². The second-order valence-corrected chi connectivity index (χ2v) is 7.81. The summed E-state index contributed by atoms with van der Waals surface area (Å²) in [5, 5.41) is 5.73. The van der Waals surface area contributed by atoms with E-state index in [1.165, 1.54) is 0 Å². The molecule has 0 bridgehead atoms. The Morgan fingerprint density at radius 3 is 2.50 bits per heavy atom. The molecular weight excluding hydrogens is 380 g/mol. The van der Waals surface area contributed by atoms with Gasteiger partial charge in [0.25, 0.3) is 5.91 Å². The Hall–Kier alpha value is -3.22. The molecule has 158 valence electrons. The van der Waals surface area contributed by atoms with E-state index in [1.807, 2.05) is 32.0 Å². The monoisotopic (exact) mass is 408 g/mol. The quantitative estimate of drug-likeness (QED) is 0.769. The van der Waals surface area contributed by atoms with E-state index in [-0.39, 0.29) is 36.1 Å². The number of piperidine rings is 1. The van der Waals surface area contributed by atoms with Gasteiger partial charge in [-0.2, -0.15) is 0 Å². The molecule has 7 heteroatoms. The summed E-state index contributed by atoms with van der Waals surface area (Å²) < 4.78 is 0. The zero-order valence-electron chi connectivity index (χ0n) is 17.4. The van der Waals surface area contributed by atoms with E-state index < -0.39 is 0 Å². The zero-order chi connectivity index (χ0) is 21.5. The SMILES string of the molecule is Cc1ccnc(NC(=O)C2CCN(C(=O)CC(C)NC(=O)c3ccccc3)CC2)c1. The molecule has 1 aromatic carbocycles. The van der Waals surface area contributed by atoms with Crippen LogP contribution in [0.3, 0.4) is 0 Å². The van der Waals surface area contributed by atoms with Gasteiger partial charge >= 0.3 is 0 Å². The molecule has 0 radical (unpaired) electrons. The molecule has 3 amide bonds. The highest BCUT2D eigenvalue weighted by Gasteiger charge is 2.28. The fourth-order valence-electron chi connectivity index (χ4n) is 3.56. The van der Waals surface area contributed by atoms with Gasteiger partial charge in [0.2, 0.25) is 11.8 Å². The number of rotatable bonds is 6. The number of likely N-dealkylation sites (tertiary alicyclic amines) is 1. The molecule has 2 aromatic rings. The summed E-state index contributed by atoms with van der Waals surface area (Å²) in [6, 6.07) is 12.4. The van der Waals surface area contributed by atoms with E-state index in [0.29, 0.717) is 37.3 Å². The van der Waals surface area contributed by atoms with E-state index in [1.54, 1.807) is 35.4 Å². The maximum Gasteiger partial charge on any atom is 0.251 e. The molecule has 0 saturated carbocycles. The number of nitrogens with one attached hydrogen (secondary N) is 2. The summed E-state index contributed by atoms with van der Waals surface area (Å²) in [5.74, 6) is 0.183. The third kappa shape index (κ3) is 5.89. The second-order valence-electron chi connectivity index (χ2n) is 7.81. The van der Waals surface area contributed by atoms with Crippen molar-refractivity contribution in [2.45, 2.75) is 39.2 Å². The molecule has 1 saturated heterocycles. The summed E-state index contributed by atoms with van der Waals surface area (Å²) in [7, 11) is 0. The summed E-state index contributed by atoms with van der Waals surface area (Å²) in [6.07, 6.45) is 3.15. The van der Waals surface area contributed by atoms with Crippen LogP contribution in [0.15, 0.2) is 48.7 Å². The molecule has 2 heterocycles. The Labute approximate surface area is 176 Å². The van der Waals surface area contributed by atoms with Crippen LogP contribution < -0.4 is 10.6 Å². The van der Waals surface area contributed by atoms with Crippen LogP contribution in [-0.2, 0) is 9.59 Å². The normalized spacial score (nSPS) is 15.3. The van der Waals surface area contributed by atoms with Crippen molar-refractivity contribution in [3.05, 3.63) is 59.8 Å². The van der Waals surface area contributed by atoms with Crippen molar-refractivity contribution in [3.8, 4) is 0 Å². The van der Waals surface area contributed by atoms with Crippen molar-refractivity contribution in [2.24, 2.45) is 5.92 Å². The first-order chi connectivity index (χ1) is 14.4. The van der Waals surface area contributed by atoms with Crippen LogP contribution in [-0.4, -0.2) is 46.7 Å². The van der Waals surface area contributed by atoms with Crippen LogP contribution in [0.5, 0.6) is 0 Å². The summed E-state index contributed by atoms with van der Waals surface area (Å²) in [4.78, 5) is 43.2. The number of amides is 3. The minimum absolute atomic E-state index is 0.00456. The lowest BCUT2D eigenvalue weighted by Crippen LogP contribution is -2.44. The van der Waals surface area contributed by atoms with Gasteiger partial charge in [0.15, 0.2) is 0 Å². The van der Waals surface area contributed by atoms with Crippen molar-refractivity contribution in [1.82, 2.24) is 15.2 Å². The Morgan fingerprint density at radius 2 is 1.83 bits per heavy atom. The lowest BCUT2D eigenvalue weighted by molar-refractivity contribution is -0.134. The highest BCUT2D eigenvalue weighted by molar-refractivity contribution is 5.94. The number of nitrogens with zero attached hydrogens (tertiary/aromatic N) is 2. The largest absolute Gasteiger partial charge is 0.349 e. The molecule has 1 fully saturated rings.